The molecule has 27 heavy (non-hydrogen) atoms. The van der Waals surface area contributed by atoms with Crippen LogP contribution in [0.15, 0.2) is 40.1 Å². The van der Waals surface area contributed by atoms with Crippen molar-refractivity contribution in [2.45, 2.75) is 18.9 Å². The van der Waals surface area contributed by atoms with Crippen molar-refractivity contribution in [3.8, 4) is 0 Å². The predicted molar refractivity (Wildman–Crippen MR) is 107 cm³/mol. The largest absolute Gasteiger partial charge is 0.370 e. The first kappa shape index (κ1) is 19.8. The van der Waals surface area contributed by atoms with Crippen LogP contribution in [0.1, 0.15) is 23.7 Å². The van der Waals surface area contributed by atoms with Crippen LogP contribution in [0.4, 0.5) is 4.39 Å². The molecule has 1 aromatic carbocycles. The van der Waals surface area contributed by atoms with E-state index in [1.165, 1.54) is 6.07 Å². The molecular weight excluding hydrogens is 413 g/mol. The van der Waals surface area contributed by atoms with Gasteiger partial charge in [0.2, 0.25) is 0 Å². The number of guanidine groups is 1. The molecule has 6 nitrogen and oxygen atoms in total. The monoisotopic (exact) mass is 437 g/mol. The van der Waals surface area contributed by atoms with Gasteiger partial charge in [-0.15, -0.1) is 0 Å². The summed E-state index contributed by atoms with van der Waals surface area (Å²) in [7, 11) is 3.68. The van der Waals surface area contributed by atoms with E-state index in [-0.39, 0.29) is 11.9 Å². The summed E-state index contributed by atoms with van der Waals surface area (Å²) in [5.41, 5.74) is 1.81. The maximum absolute atomic E-state index is 13.9. The highest BCUT2D eigenvalue weighted by Gasteiger charge is 2.25. The average molecular weight is 438 g/mol. The summed E-state index contributed by atoms with van der Waals surface area (Å²) in [6, 6.07) is 5.21. The molecule has 1 aliphatic heterocycles. The van der Waals surface area contributed by atoms with Crippen LogP contribution in [-0.2, 0) is 18.2 Å². The topological polar surface area (TPSA) is 54.7 Å². The Hall–Kier alpha value is -1.93. The number of benzene rings is 1. The van der Waals surface area contributed by atoms with Crippen molar-refractivity contribution in [2.75, 3.05) is 33.3 Å². The second kappa shape index (κ2) is 9.32. The average Bonchev–Trinajstić information content (AvgIpc) is 3.10. The molecule has 1 aromatic heterocycles. The number of aryl methyl sites for hydroxylation is 2. The Morgan fingerprint density at radius 2 is 2.33 bits per heavy atom. The lowest BCUT2D eigenvalue weighted by Crippen LogP contribution is -2.48. The van der Waals surface area contributed by atoms with Crippen molar-refractivity contribution in [3.05, 3.63) is 52.0 Å². The fraction of sp³-hybridized carbons (Fsp3) is 0.474. The Kier molecular flexibility index (Phi) is 6.84. The molecule has 1 N–H and O–H groups in total. The first-order valence-corrected chi connectivity index (χ1v) is 9.86. The Morgan fingerprint density at radius 3 is 3.04 bits per heavy atom. The minimum atomic E-state index is -0.166. The van der Waals surface area contributed by atoms with Crippen molar-refractivity contribution in [1.29, 1.82) is 0 Å². The Bertz CT molecular complexity index is 794. The molecule has 0 radical (unpaired) electrons. The number of nitrogens with one attached hydrogen (secondary N) is 1. The maximum Gasteiger partial charge on any atom is 0.193 e. The third-order valence-electron chi connectivity index (χ3n) is 4.60. The fourth-order valence-electron chi connectivity index (χ4n) is 3.19. The Labute approximate surface area is 167 Å². The number of aromatic nitrogens is 2. The lowest BCUT2D eigenvalue weighted by molar-refractivity contribution is -0.00801. The standard InChI is InChI=1S/C19H25BrFN5O/c1-22-19(23-7-3-4-14-5-6-16(20)10-17(14)21)26-8-9-27-18(13-26)15-11-24-25(2)12-15/h5-6,10-12,18H,3-4,7-9,13H2,1-2H3,(H,22,23). The zero-order chi connectivity index (χ0) is 19.2. The molecule has 1 atom stereocenters. The molecule has 1 saturated heterocycles. The van der Waals surface area contributed by atoms with Gasteiger partial charge in [0, 0.05) is 43.4 Å². The molecule has 3 rings (SSSR count). The third-order valence-corrected chi connectivity index (χ3v) is 5.09. The van der Waals surface area contributed by atoms with E-state index < -0.39 is 0 Å². The smallest absolute Gasteiger partial charge is 0.193 e. The van der Waals surface area contributed by atoms with Crippen LogP contribution in [-0.4, -0.2) is 53.9 Å². The maximum atomic E-state index is 13.9. The van der Waals surface area contributed by atoms with Crippen LogP contribution < -0.4 is 5.32 Å². The van der Waals surface area contributed by atoms with Gasteiger partial charge in [0.25, 0.3) is 0 Å². The molecule has 1 unspecified atom stereocenters. The summed E-state index contributed by atoms with van der Waals surface area (Å²) in [4.78, 5) is 6.59. The number of ether oxygens (including phenoxy) is 1. The van der Waals surface area contributed by atoms with Crippen LogP contribution in [0, 0.1) is 5.82 Å². The molecule has 0 amide bonds. The van der Waals surface area contributed by atoms with Crippen molar-refractivity contribution in [1.82, 2.24) is 20.0 Å². The lowest BCUT2D eigenvalue weighted by atomic mass is 10.1. The van der Waals surface area contributed by atoms with Gasteiger partial charge in [-0.2, -0.15) is 5.10 Å². The SMILES string of the molecule is CN=C(NCCCc1ccc(Br)cc1F)N1CCOC(c2cnn(C)c2)C1. The van der Waals surface area contributed by atoms with Crippen LogP contribution in [0.2, 0.25) is 0 Å². The molecule has 1 fully saturated rings. The number of hydrogen-bond acceptors (Lipinski definition) is 3. The van der Waals surface area contributed by atoms with Crippen LogP contribution in [0.25, 0.3) is 0 Å². The minimum absolute atomic E-state index is 0.0112. The molecule has 0 saturated carbocycles. The van der Waals surface area contributed by atoms with E-state index in [4.69, 9.17) is 4.74 Å². The van der Waals surface area contributed by atoms with E-state index in [2.05, 4.69) is 36.2 Å². The molecule has 0 bridgehead atoms. The van der Waals surface area contributed by atoms with E-state index in [0.717, 1.165) is 47.6 Å². The highest BCUT2D eigenvalue weighted by molar-refractivity contribution is 9.10. The van der Waals surface area contributed by atoms with Crippen LogP contribution in [0.5, 0.6) is 0 Å². The Morgan fingerprint density at radius 1 is 1.48 bits per heavy atom. The van der Waals surface area contributed by atoms with Gasteiger partial charge >= 0.3 is 0 Å². The van der Waals surface area contributed by atoms with E-state index in [0.29, 0.717) is 13.0 Å². The molecule has 1 aliphatic rings. The van der Waals surface area contributed by atoms with Crippen molar-refractivity contribution in [3.63, 3.8) is 0 Å². The number of halogens is 2. The quantitative estimate of drug-likeness (QED) is 0.443. The van der Waals surface area contributed by atoms with Gasteiger partial charge in [0.1, 0.15) is 11.9 Å². The van der Waals surface area contributed by atoms with Crippen LogP contribution in [0.3, 0.4) is 0 Å². The number of nitrogens with zero attached hydrogens (tertiary/aromatic N) is 4. The summed E-state index contributed by atoms with van der Waals surface area (Å²) < 4.78 is 22.3. The van der Waals surface area contributed by atoms with Crippen molar-refractivity contribution >= 4 is 21.9 Å². The normalized spacial score (nSPS) is 18.0. The van der Waals surface area contributed by atoms with E-state index in [9.17, 15) is 4.39 Å². The van der Waals surface area contributed by atoms with Crippen molar-refractivity contribution in [2.24, 2.45) is 12.0 Å². The molecule has 2 aromatic rings. The highest BCUT2D eigenvalue weighted by Crippen LogP contribution is 2.21. The summed E-state index contributed by atoms with van der Waals surface area (Å²) in [6.45, 7) is 2.89. The van der Waals surface area contributed by atoms with Gasteiger partial charge in [-0.25, -0.2) is 4.39 Å². The highest BCUT2D eigenvalue weighted by atomic mass is 79.9. The predicted octanol–water partition coefficient (Wildman–Crippen LogP) is 2.90. The number of hydrogen-bond donors (Lipinski definition) is 1. The minimum Gasteiger partial charge on any atom is -0.370 e. The Balaban J connectivity index is 1.49. The first-order valence-electron chi connectivity index (χ1n) is 9.06. The summed E-state index contributed by atoms with van der Waals surface area (Å²) in [5.74, 6) is 0.685. The fourth-order valence-corrected chi connectivity index (χ4v) is 3.52. The van der Waals surface area contributed by atoms with E-state index >= 15 is 0 Å². The molecule has 0 aliphatic carbocycles. The second-order valence-electron chi connectivity index (χ2n) is 6.57. The van der Waals surface area contributed by atoms with E-state index in [1.54, 1.807) is 11.7 Å². The third kappa shape index (κ3) is 5.29. The molecule has 146 valence electrons. The number of aliphatic imine (C=N–C) groups is 1. The lowest BCUT2D eigenvalue weighted by Gasteiger charge is -2.34. The zero-order valence-corrected chi connectivity index (χ0v) is 17.2. The van der Waals surface area contributed by atoms with Gasteiger partial charge in [-0.1, -0.05) is 22.0 Å². The molecule has 8 heteroatoms. The first-order chi connectivity index (χ1) is 13.1. The summed E-state index contributed by atoms with van der Waals surface area (Å²) in [6.07, 6.45) is 5.33. The van der Waals surface area contributed by atoms with Gasteiger partial charge in [0.15, 0.2) is 5.96 Å². The van der Waals surface area contributed by atoms with Crippen LogP contribution >= 0.6 is 15.9 Å². The van der Waals surface area contributed by atoms with Gasteiger partial charge in [-0.05, 0) is 30.5 Å². The van der Waals surface area contributed by atoms with Gasteiger partial charge in [-0.3, -0.25) is 9.67 Å². The molecule has 2 heterocycles. The number of rotatable bonds is 5. The van der Waals surface area contributed by atoms with Gasteiger partial charge < -0.3 is 15.0 Å². The molecular formula is C19H25BrFN5O. The summed E-state index contributed by atoms with van der Waals surface area (Å²) in [5, 5.41) is 7.61. The molecule has 0 spiro atoms. The van der Waals surface area contributed by atoms with E-state index in [1.807, 2.05) is 31.6 Å². The van der Waals surface area contributed by atoms with Gasteiger partial charge in [0.05, 0.1) is 19.3 Å². The summed E-state index contributed by atoms with van der Waals surface area (Å²) >= 11 is 3.28. The zero-order valence-electron chi connectivity index (χ0n) is 15.7. The van der Waals surface area contributed by atoms with Crippen molar-refractivity contribution < 1.29 is 9.13 Å². The number of morpholine rings is 1. The second-order valence-corrected chi connectivity index (χ2v) is 7.48.